The molecule has 2 aliphatic rings. The van der Waals surface area contributed by atoms with Crippen LogP contribution in [0, 0.1) is 0 Å². The van der Waals surface area contributed by atoms with E-state index in [9.17, 15) is 10.2 Å². The van der Waals surface area contributed by atoms with Crippen LogP contribution in [-0.2, 0) is 0 Å². The van der Waals surface area contributed by atoms with E-state index in [0.717, 1.165) is 24.0 Å². The molecule has 0 aliphatic carbocycles. The van der Waals surface area contributed by atoms with Gasteiger partial charge >= 0.3 is 0 Å². The SMILES string of the molecule is O[C@@H]1[C@H](O)CN2C[C@@H](NC(=S)Nc3cccc4ccccc34)C[C@@H]12. The van der Waals surface area contributed by atoms with Crippen molar-refractivity contribution in [2.75, 3.05) is 18.4 Å². The average molecular weight is 343 g/mol. The van der Waals surface area contributed by atoms with Gasteiger partial charge in [-0.25, -0.2) is 0 Å². The largest absolute Gasteiger partial charge is 0.389 e. The molecule has 0 aromatic heterocycles. The van der Waals surface area contributed by atoms with Gasteiger partial charge in [0, 0.05) is 36.2 Å². The van der Waals surface area contributed by atoms with Crippen molar-refractivity contribution in [1.29, 1.82) is 0 Å². The number of aliphatic hydroxyl groups is 2. The Morgan fingerprint density at radius 1 is 1.08 bits per heavy atom. The van der Waals surface area contributed by atoms with E-state index in [1.807, 2.05) is 24.3 Å². The molecule has 2 saturated heterocycles. The minimum Gasteiger partial charge on any atom is -0.389 e. The van der Waals surface area contributed by atoms with Gasteiger partial charge in [-0.15, -0.1) is 0 Å². The Balaban J connectivity index is 1.41. The third-order valence-electron chi connectivity index (χ3n) is 5.03. The Morgan fingerprint density at radius 3 is 2.71 bits per heavy atom. The monoisotopic (exact) mass is 343 g/mol. The number of hydrogen-bond donors (Lipinski definition) is 4. The topological polar surface area (TPSA) is 67.8 Å². The van der Waals surface area contributed by atoms with Gasteiger partial charge in [-0.05, 0) is 30.1 Å². The van der Waals surface area contributed by atoms with Gasteiger partial charge in [0.05, 0.1) is 12.2 Å². The maximum absolute atomic E-state index is 10.0. The number of rotatable bonds is 2. The fourth-order valence-corrected chi connectivity index (χ4v) is 4.16. The first-order valence-corrected chi connectivity index (χ1v) is 8.68. The predicted octanol–water partition coefficient (Wildman–Crippen LogP) is 1.30. The molecule has 0 radical (unpaired) electrons. The summed E-state index contributed by atoms with van der Waals surface area (Å²) in [5, 5.41) is 29.2. The summed E-state index contributed by atoms with van der Waals surface area (Å²) in [6.45, 7) is 1.32. The molecule has 0 amide bonds. The summed E-state index contributed by atoms with van der Waals surface area (Å²) in [5.74, 6) is 0. The Bertz CT molecular complexity index is 764. The smallest absolute Gasteiger partial charge is 0.171 e. The van der Waals surface area contributed by atoms with Crippen LogP contribution in [-0.4, -0.2) is 57.6 Å². The van der Waals surface area contributed by atoms with E-state index < -0.39 is 12.2 Å². The highest BCUT2D eigenvalue weighted by Gasteiger charge is 2.45. The molecule has 4 N–H and O–H groups in total. The third kappa shape index (κ3) is 2.86. The summed E-state index contributed by atoms with van der Waals surface area (Å²) in [7, 11) is 0. The fraction of sp³-hybridized carbons (Fsp3) is 0.389. The number of anilines is 1. The Labute approximate surface area is 146 Å². The average Bonchev–Trinajstić information content (AvgIpc) is 3.07. The van der Waals surface area contributed by atoms with Crippen molar-refractivity contribution in [3.63, 3.8) is 0 Å². The first-order valence-electron chi connectivity index (χ1n) is 8.27. The van der Waals surface area contributed by atoms with E-state index in [4.69, 9.17) is 12.2 Å². The van der Waals surface area contributed by atoms with Gasteiger partial charge in [-0.1, -0.05) is 36.4 Å². The Hall–Kier alpha value is -1.73. The minimum atomic E-state index is -0.656. The van der Waals surface area contributed by atoms with E-state index in [2.05, 4.69) is 33.7 Å². The van der Waals surface area contributed by atoms with E-state index in [1.54, 1.807) is 0 Å². The summed E-state index contributed by atoms with van der Waals surface area (Å²) in [6.07, 6.45) is -0.497. The molecule has 4 rings (SSSR count). The van der Waals surface area contributed by atoms with Crippen LogP contribution in [0.2, 0.25) is 0 Å². The highest BCUT2D eigenvalue weighted by atomic mass is 32.1. The Kier molecular flexibility index (Phi) is 4.14. The number of fused-ring (bicyclic) bond motifs is 2. The third-order valence-corrected chi connectivity index (χ3v) is 5.25. The molecule has 6 heteroatoms. The molecule has 2 fully saturated rings. The lowest BCUT2D eigenvalue weighted by Crippen LogP contribution is -2.40. The number of aliphatic hydroxyl groups excluding tert-OH is 2. The van der Waals surface area contributed by atoms with Gasteiger partial charge in [0.1, 0.15) is 0 Å². The van der Waals surface area contributed by atoms with Crippen molar-refractivity contribution in [3.8, 4) is 0 Å². The van der Waals surface area contributed by atoms with E-state index in [1.165, 1.54) is 5.39 Å². The highest BCUT2D eigenvalue weighted by Crippen LogP contribution is 2.29. The number of hydrogen-bond acceptors (Lipinski definition) is 4. The fourth-order valence-electron chi connectivity index (χ4n) is 3.89. The highest BCUT2D eigenvalue weighted by molar-refractivity contribution is 7.80. The summed E-state index contributed by atoms with van der Waals surface area (Å²) in [4.78, 5) is 2.13. The molecule has 0 unspecified atom stereocenters. The van der Waals surface area contributed by atoms with Crippen molar-refractivity contribution < 1.29 is 10.2 Å². The maximum Gasteiger partial charge on any atom is 0.171 e. The molecule has 4 atom stereocenters. The van der Waals surface area contributed by atoms with Crippen LogP contribution in [0.3, 0.4) is 0 Å². The lowest BCUT2D eigenvalue weighted by molar-refractivity contribution is 0.0388. The predicted molar refractivity (Wildman–Crippen MR) is 99.1 cm³/mol. The molecule has 24 heavy (non-hydrogen) atoms. The van der Waals surface area contributed by atoms with Gasteiger partial charge < -0.3 is 20.8 Å². The van der Waals surface area contributed by atoms with Crippen LogP contribution in [0.4, 0.5) is 5.69 Å². The zero-order valence-electron chi connectivity index (χ0n) is 13.2. The lowest BCUT2D eigenvalue weighted by atomic mass is 10.1. The summed E-state index contributed by atoms with van der Waals surface area (Å²) in [5.41, 5.74) is 0.986. The van der Waals surface area contributed by atoms with Crippen LogP contribution >= 0.6 is 12.2 Å². The molecule has 0 saturated carbocycles. The zero-order valence-corrected chi connectivity index (χ0v) is 14.0. The van der Waals surface area contributed by atoms with Gasteiger partial charge in [-0.3, -0.25) is 4.90 Å². The number of thiocarbonyl (C=S) groups is 1. The number of nitrogens with zero attached hydrogens (tertiary/aromatic N) is 1. The van der Waals surface area contributed by atoms with E-state index >= 15 is 0 Å². The normalized spacial score (nSPS) is 29.6. The molecular formula is C18H21N3O2S. The van der Waals surface area contributed by atoms with Crippen LogP contribution in [0.1, 0.15) is 6.42 Å². The zero-order chi connectivity index (χ0) is 16.7. The van der Waals surface area contributed by atoms with Crippen molar-refractivity contribution in [2.24, 2.45) is 0 Å². The second-order valence-corrected chi connectivity index (χ2v) is 7.05. The van der Waals surface area contributed by atoms with Crippen molar-refractivity contribution >= 4 is 33.8 Å². The lowest BCUT2D eigenvalue weighted by Gasteiger charge is -2.19. The van der Waals surface area contributed by atoms with Crippen molar-refractivity contribution in [2.45, 2.75) is 30.7 Å². The molecule has 5 nitrogen and oxygen atoms in total. The van der Waals surface area contributed by atoms with E-state index in [-0.39, 0.29) is 12.1 Å². The number of benzene rings is 2. The molecular weight excluding hydrogens is 322 g/mol. The molecule has 2 aromatic carbocycles. The van der Waals surface area contributed by atoms with Crippen LogP contribution in [0.15, 0.2) is 42.5 Å². The summed E-state index contributed by atoms with van der Waals surface area (Å²) >= 11 is 5.47. The molecule has 2 aliphatic heterocycles. The minimum absolute atomic E-state index is 0.0258. The van der Waals surface area contributed by atoms with Crippen molar-refractivity contribution in [1.82, 2.24) is 10.2 Å². The quantitative estimate of drug-likeness (QED) is 0.617. The molecule has 2 heterocycles. The second-order valence-electron chi connectivity index (χ2n) is 6.64. The van der Waals surface area contributed by atoms with Gasteiger partial charge in [-0.2, -0.15) is 0 Å². The standard InChI is InChI=1S/C18H21N3O2S/c22-16-10-21-9-12(8-15(21)17(16)23)19-18(24)20-14-7-3-5-11-4-1-2-6-13(11)14/h1-7,12,15-17,22-23H,8-10H2,(H2,19,20,24)/t12-,15-,16+,17-/m0/s1. The van der Waals surface area contributed by atoms with Gasteiger partial charge in [0.2, 0.25) is 0 Å². The molecule has 126 valence electrons. The molecule has 2 aromatic rings. The maximum atomic E-state index is 10.0. The van der Waals surface area contributed by atoms with Crippen LogP contribution in [0.25, 0.3) is 10.8 Å². The first-order chi connectivity index (χ1) is 11.6. The number of nitrogens with one attached hydrogen (secondary N) is 2. The molecule has 0 spiro atoms. The second kappa shape index (κ2) is 6.29. The summed E-state index contributed by atoms with van der Waals surface area (Å²) in [6, 6.07) is 14.5. The van der Waals surface area contributed by atoms with Gasteiger partial charge in [0.15, 0.2) is 5.11 Å². The Morgan fingerprint density at radius 2 is 1.88 bits per heavy atom. The summed E-state index contributed by atoms with van der Waals surface area (Å²) < 4.78 is 0. The first kappa shape index (κ1) is 15.8. The van der Waals surface area contributed by atoms with Gasteiger partial charge in [0.25, 0.3) is 0 Å². The van der Waals surface area contributed by atoms with Crippen molar-refractivity contribution in [3.05, 3.63) is 42.5 Å². The molecule has 0 bridgehead atoms. The van der Waals surface area contributed by atoms with Crippen LogP contribution in [0.5, 0.6) is 0 Å². The van der Waals surface area contributed by atoms with Crippen LogP contribution < -0.4 is 10.6 Å². The van der Waals surface area contributed by atoms with E-state index in [0.29, 0.717) is 11.7 Å².